The molecule has 76 valence electrons. The summed E-state index contributed by atoms with van der Waals surface area (Å²) >= 11 is 0. The predicted octanol–water partition coefficient (Wildman–Crippen LogP) is 2.13. The van der Waals surface area contributed by atoms with Crippen LogP contribution in [0.4, 0.5) is 0 Å². The molecule has 2 rings (SSSR count). The fourth-order valence-electron chi connectivity index (χ4n) is 2.44. The van der Waals surface area contributed by atoms with E-state index in [0.29, 0.717) is 11.9 Å². The zero-order valence-corrected chi connectivity index (χ0v) is 8.48. The number of amides is 1. The SMILES string of the molecule is C=CCC[C@H]1C(=O)N2CC=CCC[C@@H]12. The van der Waals surface area contributed by atoms with Crippen molar-refractivity contribution in [1.29, 1.82) is 0 Å². The van der Waals surface area contributed by atoms with Gasteiger partial charge in [0.2, 0.25) is 5.91 Å². The summed E-state index contributed by atoms with van der Waals surface area (Å²) in [7, 11) is 0. The highest BCUT2D eigenvalue weighted by molar-refractivity contribution is 5.86. The molecule has 14 heavy (non-hydrogen) atoms. The summed E-state index contributed by atoms with van der Waals surface area (Å²) in [4.78, 5) is 13.7. The summed E-state index contributed by atoms with van der Waals surface area (Å²) in [5.41, 5.74) is 0. The Morgan fingerprint density at radius 3 is 3.21 bits per heavy atom. The lowest BCUT2D eigenvalue weighted by Gasteiger charge is -2.46. The first-order valence-corrected chi connectivity index (χ1v) is 5.41. The smallest absolute Gasteiger partial charge is 0.228 e. The quantitative estimate of drug-likeness (QED) is 0.494. The first-order chi connectivity index (χ1) is 6.84. The van der Waals surface area contributed by atoms with Gasteiger partial charge in [-0.15, -0.1) is 6.58 Å². The summed E-state index contributed by atoms with van der Waals surface area (Å²) < 4.78 is 0. The van der Waals surface area contributed by atoms with Crippen molar-refractivity contribution in [3.63, 3.8) is 0 Å². The molecule has 2 heteroatoms. The van der Waals surface area contributed by atoms with Crippen molar-refractivity contribution < 1.29 is 4.79 Å². The van der Waals surface area contributed by atoms with Gasteiger partial charge in [0.05, 0.1) is 5.92 Å². The number of β-lactam (4-membered cyclic amide) rings is 1. The number of hydrogen-bond acceptors (Lipinski definition) is 1. The van der Waals surface area contributed by atoms with E-state index in [1.807, 2.05) is 11.0 Å². The largest absolute Gasteiger partial charge is 0.335 e. The molecule has 0 saturated carbocycles. The first-order valence-electron chi connectivity index (χ1n) is 5.41. The molecule has 0 aliphatic carbocycles. The van der Waals surface area contributed by atoms with Crippen LogP contribution in [0.2, 0.25) is 0 Å². The van der Waals surface area contributed by atoms with Crippen molar-refractivity contribution in [3.05, 3.63) is 24.8 Å². The van der Waals surface area contributed by atoms with Crippen molar-refractivity contribution in [2.45, 2.75) is 31.7 Å². The lowest BCUT2D eigenvalue weighted by Crippen LogP contribution is -2.60. The Kier molecular flexibility index (Phi) is 2.71. The topological polar surface area (TPSA) is 20.3 Å². The van der Waals surface area contributed by atoms with Gasteiger partial charge in [0.1, 0.15) is 0 Å². The average molecular weight is 191 g/mol. The van der Waals surface area contributed by atoms with Crippen LogP contribution in [-0.4, -0.2) is 23.4 Å². The van der Waals surface area contributed by atoms with Crippen LogP contribution in [0.1, 0.15) is 25.7 Å². The van der Waals surface area contributed by atoms with Crippen molar-refractivity contribution in [2.24, 2.45) is 5.92 Å². The Morgan fingerprint density at radius 2 is 2.43 bits per heavy atom. The van der Waals surface area contributed by atoms with E-state index in [4.69, 9.17) is 0 Å². The van der Waals surface area contributed by atoms with Gasteiger partial charge in [0.25, 0.3) is 0 Å². The highest BCUT2D eigenvalue weighted by atomic mass is 16.2. The van der Waals surface area contributed by atoms with Crippen molar-refractivity contribution in [2.75, 3.05) is 6.54 Å². The number of allylic oxidation sites excluding steroid dienone is 2. The lowest BCUT2D eigenvalue weighted by molar-refractivity contribution is -0.155. The number of carbonyl (C=O) groups excluding carboxylic acids is 1. The Balaban J connectivity index is 1.95. The zero-order chi connectivity index (χ0) is 9.97. The molecule has 1 fully saturated rings. The molecule has 0 aromatic rings. The van der Waals surface area contributed by atoms with Gasteiger partial charge in [-0.3, -0.25) is 4.79 Å². The molecule has 0 aromatic carbocycles. The van der Waals surface area contributed by atoms with Gasteiger partial charge in [-0.25, -0.2) is 0 Å². The minimum Gasteiger partial charge on any atom is -0.335 e. The fourth-order valence-corrected chi connectivity index (χ4v) is 2.44. The maximum absolute atomic E-state index is 11.7. The second-order valence-corrected chi connectivity index (χ2v) is 4.08. The average Bonchev–Trinajstić information content (AvgIpc) is 2.41. The second kappa shape index (κ2) is 3.99. The Morgan fingerprint density at radius 1 is 1.57 bits per heavy atom. The molecule has 2 aliphatic rings. The Labute approximate surface area is 85.3 Å². The second-order valence-electron chi connectivity index (χ2n) is 4.08. The van der Waals surface area contributed by atoms with E-state index >= 15 is 0 Å². The van der Waals surface area contributed by atoms with Crippen molar-refractivity contribution >= 4 is 5.91 Å². The highest BCUT2D eigenvalue weighted by Crippen LogP contribution is 2.34. The van der Waals surface area contributed by atoms with Crippen LogP contribution >= 0.6 is 0 Å². The molecule has 0 bridgehead atoms. The summed E-state index contributed by atoms with van der Waals surface area (Å²) in [6, 6.07) is 0.512. The van der Waals surface area contributed by atoms with E-state index in [-0.39, 0.29) is 5.92 Å². The molecule has 1 amide bonds. The molecule has 2 atom stereocenters. The van der Waals surface area contributed by atoms with E-state index in [1.165, 1.54) is 0 Å². The Hall–Kier alpha value is -1.05. The van der Waals surface area contributed by atoms with Crippen molar-refractivity contribution in [3.8, 4) is 0 Å². The van der Waals surface area contributed by atoms with Gasteiger partial charge in [-0.05, 0) is 25.7 Å². The van der Waals surface area contributed by atoms with E-state index < -0.39 is 0 Å². The van der Waals surface area contributed by atoms with Gasteiger partial charge in [0, 0.05) is 12.6 Å². The molecular weight excluding hydrogens is 174 g/mol. The van der Waals surface area contributed by atoms with Crippen LogP contribution in [0, 0.1) is 5.92 Å². The summed E-state index contributed by atoms with van der Waals surface area (Å²) in [5, 5.41) is 0. The maximum atomic E-state index is 11.7. The van der Waals surface area contributed by atoms with Crippen LogP contribution < -0.4 is 0 Å². The maximum Gasteiger partial charge on any atom is 0.228 e. The van der Waals surface area contributed by atoms with Gasteiger partial charge in [-0.2, -0.15) is 0 Å². The Bertz CT molecular complexity index is 269. The standard InChI is InChI=1S/C12H17NO/c1-2-3-7-10-11-8-5-4-6-9-13(11)12(10)14/h2,4,6,10-11H,1,3,5,7-9H2/t10-,11+/m1/s1. The van der Waals surface area contributed by atoms with Gasteiger partial charge >= 0.3 is 0 Å². The zero-order valence-electron chi connectivity index (χ0n) is 8.48. The van der Waals surface area contributed by atoms with Gasteiger partial charge < -0.3 is 4.90 Å². The van der Waals surface area contributed by atoms with Crippen LogP contribution in [0.25, 0.3) is 0 Å². The van der Waals surface area contributed by atoms with E-state index in [1.54, 1.807) is 0 Å². The third kappa shape index (κ3) is 1.49. The van der Waals surface area contributed by atoms with Gasteiger partial charge in [-0.1, -0.05) is 18.2 Å². The van der Waals surface area contributed by atoms with Crippen LogP contribution in [-0.2, 0) is 4.79 Å². The lowest BCUT2D eigenvalue weighted by atomic mass is 9.82. The van der Waals surface area contributed by atoms with E-state index in [2.05, 4.69) is 18.7 Å². The van der Waals surface area contributed by atoms with Gasteiger partial charge in [0.15, 0.2) is 0 Å². The first kappa shape index (κ1) is 9.50. The molecule has 2 heterocycles. The predicted molar refractivity (Wildman–Crippen MR) is 56.8 cm³/mol. The number of hydrogen-bond donors (Lipinski definition) is 0. The van der Waals surface area contributed by atoms with Crippen molar-refractivity contribution in [1.82, 2.24) is 4.90 Å². The number of rotatable bonds is 3. The van der Waals surface area contributed by atoms with Crippen LogP contribution in [0.15, 0.2) is 24.8 Å². The summed E-state index contributed by atoms with van der Waals surface area (Å²) in [5.74, 6) is 0.635. The number of carbonyl (C=O) groups is 1. The molecule has 2 aliphatic heterocycles. The molecule has 1 saturated heterocycles. The molecule has 0 N–H and O–H groups in total. The molecule has 0 radical (unpaired) electrons. The molecule has 0 spiro atoms. The van der Waals surface area contributed by atoms with Crippen LogP contribution in [0.5, 0.6) is 0 Å². The fraction of sp³-hybridized carbons (Fsp3) is 0.583. The van der Waals surface area contributed by atoms with E-state index in [0.717, 1.165) is 32.2 Å². The normalized spacial score (nSPS) is 30.6. The number of fused-ring (bicyclic) bond motifs is 1. The molecule has 2 nitrogen and oxygen atoms in total. The molecular formula is C12H17NO. The minimum atomic E-state index is 0.285. The highest BCUT2D eigenvalue weighted by Gasteiger charge is 2.45. The molecule has 0 aromatic heterocycles. The third-order valence-corrected chi connectivity index (χ3v) is 3.24. The third-order valence-electron chi connectivity index (χ3n) is 3.24. The summed E-state index contributed by atoms with van der Waals surface area (Å²) in [6.07, 6.45) is 10.4. The van der Waals surface area contributed by atoms with Crippen LogP contribution in [0.3, 0.4) is 0 Å². The van der Waals surface area contributed by atoms with E-state index in [9.17, 15) is 4.79 Å². The summed E-state index contributed by atoms with van der Waals surface area (Å²) in [6.45, 7) is 4.53. The monoisotopic (exact) mass is 191 g/mol. The minimum absolute atomic E-state index is 0.285. The number of nitrogens with zero attached hydrogens (tertiary/aromatic N) is 1. The molecule has 0 unspecified atom stereocenters.